The first kappa shape index (κ1) is 18.0. The third-order valence-corrected chi connectivity index (χ3v) is 8.50. The molecule has 0 aliphatic carbocycles. The Kier molecular flexibility index (Phi) is 4.15. The third-order valence-electron chi connectivity index (χ3n) is 8.50. The molecule has 0 saturated carbocycles. The van der Waals surface area contributed by atoms with Gasteiger partial charge in [-0.2, -0.15) is 0 Å². The minimum Gasteiger partial charge on any atom is -0.455 e. The largest absolute Gasteiger partial charge is 0.455 e. The highest BCUT2D eigenvalue weighted by molar-refractivity contribution is 6.27. The van der Waals surface area contributed by atoms with Crippen LogP contribution in [-0.4, -0.2) is 0 Å². The summed E-state index contributed by atoms with van der Waals surface area (Å²) in [4.78, 5) is 0. The van der Waals surface area contributed by atoms with Gasteiger partial charge in [-0.1, -0.05) is 158 Å². The fourth-order valence-corrected chi connectivity index (χ4v) is 6.63. The number of hydrogen-bond donors (Lipinski definition) is 0. The molecular formula is C44H28O. The number of rotatable bonds is 4. The van der Waals surface area contributed by atoms with Crippen LogP contribution in [0.2, 0.25) is 0 Å². The van der Waals surface area contributed by atoms with Crippen molar-refractivity contribution < 1.29 is 16.8 Å². The van der Waals surface area contributed by atoms with Crippen LogP contribution < -0.4 is 0 Å². The number of para-hydroxylation sites is 1. The lowest BCUT2D eigenvalue weighted by Crippen LogP contribution is -1.93. The Morgan fingerprint density at radius 1 is 0.378 bits per heavy atom. The van der Waals surface area contributed by atoms with Crippen LogP contribution in [0, 0.1) is 0 Å². The molecule has 0 radical (unpaired) electrons. The molecule has 9 aromatic rings. The summed E-state index contributed by atoms with van der Waals surface area (Å²) < 4.78 is 84.9. The quantitative estimate of drug-likeness (QED) is 0.188. The zero-order valence-electron chi connectivity index (χ0n) is 32.9. The minimum absolute atomic E-state index is 0.0494. The Balaban J connectivity index is 1.45. The maximum Gasteiger partial charge on any atom is 0.143 e. The number of furan rings is 1. The van der Waals surface area contributed by atoms with Crippen molar-refractivity contribution in [1.29, 1.82) is 0 Å². The molecule has 0 unspecified atom stereocenters. The van der Waals surface area contributed by atoms with Crippen molar-refractivity contribution in [3.63, 3.8) is 0 Å². The zero-order chi connectivity index (χ0) is 37.6. The highest BCUT2D eigenvalue weighted by atomic mass is 16.3. The van der Waals surface area contributed by atoms with Gasteiger partial charge in [0.25, 0.3) is 0 Å². The molecule has 1 aromatic heterocycles. The van der Waals surface area contributed by atoms with Gasteiger partial charge in [-0.05, 0) is 72.6 Å². The van der Waals surface area contributed by atoms with E-state index >= 15 is 0 Å². The molecular weight excluding hydrogens is 544 g/mol. The molecule has 8 aromatic carbocycles. The minimum atomic E-state index is -0.469. The summed E-state index contributed by atoms with van der Waals surface area (Å²) in [6, 6.07) is 33.4. The van der Waals surface area contributed by atoms with Gasteiger partial charge in [-0.3, -0.25) is 0 Å². The van der Waals surface area contributed by atoms with Gasteiger partial charge in [0.15, 0.2) is 0 Å². The summed E-state index contributed by atoms with van der Waals surface area (Å²) in [7, 11) is 0. The molecule has 0 aliphatic heterocycles. The summed E-state index contributed by atoms with van der Waals surface area (Å²) in [6.07, 6.45) is 0. The summed E-state index contributed by atoms with van der Waals surface area (Å²) in [5.74, 6) is 0. The molecule has 0 fully saturated rings. The van der Waals surface area contributed by atoms with Gasteiger partial charge in [-0.15, -0.1) is 0 Å². The molecule has 1 heterocycles. The Hall–Kier alpha value is -5.92. The Morgan fingerprint density at radius 2 is 0.889 bits per heavy atom. The third kappa shape index (κ3) is 4.02. The standard InChI is InChI=1S/C44H28O/c1-3-15-29(16-4-1)31-19-7-8-20-33(31)41-34-21-9-11-23-36(34)42(37-24-12-10-22-35(37)41)39-28-27-32(30-17-5-2-6-18-30)44-43(39)38-25-13-14-26-40(38)45-44/h1-28H/i2D,5D,6D,7D,8D,17D,18D,19D,20D. The van der Waals surface area contributed by atoms with Gasteiger partial charge < -0.3 is 4.42 Å². The smallest absolute Gasteiger partial charge is 0.143 e. The van der Waals surface area contributed by atoms with Gasteiger partial charge >= 0.3 is 0 Å². The van der Waals surface area contributed by atoms with Crippen molar-refractivity contribution in [1.82, 2.24) is 0 Å². The van der Waals surface area contributed by atoms with Crippen molar-refractivity contribution in [3.05, 3.63) is 170 Å². The Morgan fingerprint density at radius 3 is 1.56 bits per heavy atom. The fraction of sp³-hybridized carbons (Fsp3) is 0. The van der Waals surface area contributed by atoms with Crippen LogP contribution in [0.3, 0.4) is 0 Å². The van der Waals surface area contributed by atoms with Crippen LogP contribution in [0.1, 0.15) is 12.3 Å². The normalized spacial score (nSPS) is 14.4. The first-order valence-corrected chi connectivity index (χ1v) is 14.7. The van der Waals surface area contributed by atoms with E-state index in [-0.39, 0.29) is 41.8 Å². The Bertz CT molecular complexity index is 2960. The maximum atomic E-state index is 9.32. The van der Waals surface area contributed by atoms with Crippen molar-refractivity contribution in [2.24, 2.45) is 0 Å². The number of benzene rings is 8. The molecule has 210 valence electrons. The van der Waals surface area contributed by atoms with Crippen molar-refractivity contribution >= 4 is 43.5 Å². The highest BCUT2D eigenvalue weighted by Gasteiger charge is 2.22. The first-order chi connectivity index (χ1) is 26.1. The lowest BCUT2D eigenvalue weighted by atomic mass is 9.83. The first-order valence-electron chi connectivity index (χ1n) is 19.2. The van der Waals surface area contributed by atoms with Crippen molar-refractivity contribution in [2.75, 3.05) is 0 Å². The molecule has 1 heteroatoms. The average molecular weight is 582 g/mol. The molecule has 0 spiro atoms. The molecule has 0 aliphatic rings. The Labute approximate surface area is 274 Å². The van der Waals surface area contributed by atoms with E-state index in [1.165, 1.54) is 0 Å². The van der Waals surface area contributed by atoms with E-state index in [2.05, 4.69) is 0 Å². The zero-order valence-corrected chi connectivity index (χ0v) is 23.9. The number of hydrogen-bond acceptors (Lipinski definition) is 1. The second-order valence-corrected chi connectivity index (χ2v) is 10.9. The molecule has 0 N–H and O–H groups in total. The monoisotopic (exact) mass is 581 g/mol. The molecule has 0 amide bonds. The van der Waals surface area contributed by atoms with Crippen LogP contribution in [0.5, 0.6) is 0 Å². The lowest BCUT2D eigenvalue weighted by molar-refractivity contribution is 0.670. The predicted molar refractivity (Wildman–Crippen MR) is 190 cm³/mol. The molecule has 1 nitrogen and oxygen atoms in total. The second-order valence-electron chi connectivity index (χ2n) is 10.9. The summed E-state index contributed by atoms with van der Waals surface area (Å²) in [5, 5.41) is 4.73. The highest BCUT2D eigenvalue weighted by Crippen LogP contribution is 2.49. The SMILES string of the molecule is [2H]c1c([2H])c([2H])c(-c2ccc(-c3c4ccccc4c(-c4c([2H])c([2H])c([2H])c([2H])c4-c4ccccc4)c4ccccc34)c3c2oc2ccccc23)c([2H])c1[2H]. The number of fused-ring (bicyclic) bond motifs is 5. The molecule has 45 heavy (non-hydrogen) atoms. The average Bonchev–Trinajstić information content (AvgIpc) is 3.60. The van der Waals surface area contributed by atoms with Crippen molar-refractivity contribution in [2.45, 2.75) is 0 Å². The maximum absolute atomic E-state index is 9.32. The van der Waals surface area contributed by atoms with Crippen molar-refractivity contribution in [3.8, 4) is 44.5 Å². The van der Waals surface area contributed by atoms with Crippen LogP contribution in [0.25, 0.3) is 88.0 Å². The van der Waals surface area contributed by atoms with Gasteiger partial charge in [-0.25, -0.2) is 0 Å². The van der Waals surface area contributed by atoms with E-state index in [0.717, 1.165) is 38.1 Å². The molecule has 0 atom stereocenters. The van der Waals surface area contributed by atoms with E-state index < -0.39 is 18.1 Å². The van der Waals surface area contributed by atoms with E-state index in [1.54, 1.807) is 6.07 Å². The fourth-order valence-electron chi connectivity index (χ4n) is 6.63. The lowest BCUT2D eigenvalue weighted by Gasteiger charge is -2.20. The van der Waals surface area contributed by atoms with Crippen LogP contribution in [-0.2, 0) is 0 Å². The summed E-state index contributed by atoms with van der Waals surface area (Å²) in [6.45, 7) is 0. The van der Waals surface area contributed by atoms with Crippen LogP contribution in [0.4, 0.5) is 0 Å². The second kappa shape index (κ2) is 10.4. The molecule has 0 saturated heterocycles. The van der Waals surface area contributed by atoms with E-state index in [4.69, 9.17) is 15.4 Å². The summed E-state index contributed by atoms with van der Waals surface area (Å²) >= 11 is 0. The van der Waals surface area contributed by atoms with Gasteiger partial charge in [0.1, 0.15) is 11.2 Å². The van der Waals surface area contributed by atoms with Gasteiger partial charge in [0.05, 0.1) is 12.3 Å². The molecule has 0 bridgehead atoms. The molecule has 9 rings (SSSR count). The van der Waals surface area contributed by atoms with E-state index in [9.17, 15) is 1.37 Å². The van der Waals surface area contributed by atoms with Crippen LogP contribution >= 0.6 is 0 Å². The topological polar surface area (TPSA) is 13.1 Å². The van der Waals surface area contributed by atoms with Gasteiger partial charge in [0.2, 0.25) is 0 Å². The summed E-state index contributed by atoms with van der Waals surface area (Å²) in [5.41, 5.74) is 5.20. The van der Waals surface area contributed by atoms with E-state index in [0.29, 0.717) is 44.4 Å². The van der Waals surface area contributed by atoms with E-state index in [1.807, 2.05) is 109 Å². The van der Waals surface area contributed by atoms with Crippen LogP contribution in [0.15, 0.2) is 174 Å². The van der Waals surface area contributed by atoms with Gasteiger partial charge in [0, 0.05) is 16.3 Å². The predicted octanol–water partition coefficient (Wildman–Crippen LogP) is 12.6.